The highest BCUT2D eigenvalue weighted by Gasteiger charge is 2.23. The maximum atomic E-state index is 4.69. The van der Waals surface area contributed by atoms with Crippen LogP contribution >= 0.6 is 0 Å². The molecule has 0 atom stereocenters. The minimum Gasteiger partial charge on any atom is -0.303 e. The van der Waals surface area contributed by atoms with Crippen molar-refractivity contribution in [1.29, 1.82) is 0 Å². The van der Waals surface area contributed by atoms with Gasteiger partial charge in [-0.2, -0.15) is 0 Å². The van der Waals surface area contributed by atoms with Gasteiger partial charge in [-0.3, -0.25) is 4.99 Å². The lowest BCUT2D eigenvalue weighted by molar-refractivity contribution is 0.638. The fourth-order valence-corrected chi connectivity index (χ4v) is 2.30. The first-order chi connectivity index (χ1) is 7.49. The molecule has 0 spiro atoms. The molecule has 1 aromatic rings. The van der Waals surface area contributed by atoms with Gasteiger partial charge in [-0.15, -0.1) is 0 Å². The molecule has 0 N–H and O–H groups in total. The van der Waals surface area contributed by atoms with Crippen LogP contribution in [0.25, 0.3) is 0 Å². The van der Waals surface area contributed by atoms with Crippen molar-refractivity contribution in [3.63, 3.8) is 0 Å². The Balaban J connectivity index is 2.42. The molecule has 2 nitrogen and oxygen atoms in total. The lowest BCUT2D eigenvalue weighted by atomic mass is 10.0. The second-order valence-corrected chi connectivity index (χ2v) is 4.77. The summed E-state index contributed by atoms with van der Waals surface area (Å²) < 4.78 is 0. The summed E-state index contributed by atoms with van der Waals surface area (Å²) in [5.41, 5.74) is 2.33. The van der Waals surface area contributed by atoms with Crippen LogP contribution in [0.2, 0.25) is 0 Å². The van der Waals surface area contributed by atoms with Crippen molar-refractivity contribution in [2.24, 2.45) is 4.99 Å². The fraction of sp³-hybridized carbons (Fsp3) is 0.357. The Morgan fingerprint density at radius 3 is 2.25 bits per heavy atom. The summed E-state index contributed by atoms with van der Waals surface area (Å²) in [6.45, 7) is 8.45. The van der Waals surface area contributed by atoms with E-state index in [2.05, 4.69) is 67.9 Å². The second kappa shape index (κ2) is 3.78. The Labute approximate surface area is 97.3 Å². The van der Waals surface area contributed by atoms with Crippen molar-refractivity contribution in [3.05, 3.63) is 42.1 Å². The van der Waals surface area contributed by atoms with Crippen LogP contribution in [0.3, 0.4) is 0 Å². The Bertz CT molecular complexity index is 419. The third-order valence-corrected chi connectivity index (χ3v) is 2.70. The molecule has 16 heavy (non-hydrogen) atoms. The normalized spacial score (nSPS) is 19.1. The summed E-state index contributed by atoms with van der Waals surface area (Å²) in [6, 6.07) is 10.3. The van der Waals surface area contributed by atoms with E-state index in [4.69, 9.17) is 0 Å². The van der Waals surface area contributed by atoms with Crippen LogP contribution in [-0.4, -0.2) is 11.4 Å². The number of anilines is 1. The van der Waals surface area contributed by atoms with Gasteiger partial charge < -0.3 is 4.90 Å². The number of hydrogen-bond donors (Lipinski definition) is 0. The van der Waals surface area contributed by atoms with Crippen LogP contribution in [0.4, 0.5) is 5.69 Å². The molecule has 0 unspecified atom stereocenters. The number of hydrogen-bond acceptors (Lipinski definition) is 2. The highest BCUT2D eigenvalue weighted by atomic mass is 15.2. The monoisotopic (exact) mass is 214 g/mol. The number of aliphatic imine (C=N–C) groups is 1. The lowest BCUT2D eigenvalue weighted by Gasteiger charge is -2.33. The molecule has 2 rings (SSSR count). The van der Waals surface area contributed by atoms with Gasteiger partial charge in [-0.05, 0) is 45.9 Å². The van der Waals surface area contributed by atoms with E-state index in [1.54, 1.807) is 0 Å². The van der Waals surface area contributed by atoms with Gasteiger partial charge in [0.05, 0.1) is 5.54 Å². The zero-order valence-electron chi connectivity index (χ0n) is 10.4. The quantitative estimate of drug-likeness (QED) is 0.697. The zero-order valence-corrected chi connectivity index (χ0v) is 10.4. The molecule has 0 amide bonds. The van der Waals surface area contributed by atoms with Crippen LogP contribution in [0.1, 0.15) is 27.7 Å². The van der Waals surface area contributed by atoms with E-state index in [-0.39, 0.29) is 5.54 Å². The van der Waals surface area contributed by atoms with Crippen molar-refractivity contribution < 1.29 is 0 Å². The van der Waals surface area contributed by atoms with Gasteiger partial charge in [-0.25, -0.2) is 0 Å². The number of benzene rings is 1. The topological polar surface area (TPSA) is 15.6 Å². The van der Waals surface area contributed by atoms with E-state index in [0.717, 1.165) is 5.84 Å². The van der Waals surface area contributed by atoms with Gasteiger partial charge in [0.2, 0.25) is 0 Å². The molecular weight excluding hydrogens is 196 g/mol. The van der Waals surface area contributed by atoms with Gasteiger partial charge in [0, 0.05) is 11.4 Å². The van der Waals surface area contributed by atoms with Crippen LogP contribution in [0, 0.1) is 0 Å². The van der Waals surface area contributed by atoms with Gasteiger partial charge in [0.25, 0.3) is 0 Å². The van der Waals surface area contributed by atoms with Gasteiger partial charge in [0.15, 0.2) is 0 Å². The molecule has 2 heteroatoms. The molecule has 1 aliphatic heterocycles. The molecule has 1 aromatic carbocycles. The molecule has 84 valence electrons. The van der Waals surface area contributed by atoms with E-state index in [1.807, 2.05) is 6.07 Å². The molecule has 0 radical (unpaired) electrons. The zero-order chi connectivity index (χ0) is 11.8. The van der Waals surface area contributed by atoms with Gasteiger partial charge in [-0.1, -0.05) is 18.2 Å². The first kappa shape index (κ1) is 10.9. The third-order valence-electron chi connectivity index (χ3n) is 2.70. The van der Waals surface area contributed by atoms with Crippen molar-refractivity contribution in [2.45, 2.75) is 33.2 Å². The highest BCUT2D eigenvalue weighted by molar-refractivity contribution is 6.00. The second-order valence-electron chi connectivity index (χ2n) is 4.77. The molecular formula is C14H18N2. The van der Waals surface area contributed by atoms with Crippen molar-refractivity contribution in [2.75, 3.05) is 4.90 Å². The van der Waals surface area contributed by atoms with Crippen LogP contribution in [-0.2, 0) is 0 Å². The Hall–Kier alpha value is -1.57. The summed E-state index contributed by atoms with van der Waals surface area (Å²) in [7, 11) is 0. The predicted octanol–water partition coefficient (Wildman–Crippen LogP) is 3.61. The van der Waals surface area contributed by atoms with E-state index in [1.165, 1.54) is 11.4 Å². The summed E-state index contributed by atoms with van der Waals surface area (Å²) in [6.07, 6.45) is 2.20. The van der Waals surface area contributed by atoms with Gasteiger partial charge in [0.1, 0.15) is 5.84 Å². The molecule has 0 saturated heterocycles. The van der Waals surface area contributed by atoms with Gasteiger partial charge >= 0.3 is 0 Å². The summed E-state index contributed by atoms with van der Waals surface area (Å²) in [5.74, 6) is 1.05. The number of para-hydroxylation sites is 1. The van der Waals surface area contributed by atoms with E-state index in [0.29, 0.717) is 0 Å². The van der Waals surface area contributed by atoms with Crippen molar-refractivity contribution >= 4 is 11.5 Å². The SMILES string of the molecule is CC1=CC(C)(C)N=C(C)N1c1ccccc1. The minimum absolute atomic E-state index is 0.0839. The molecule has 0 bridgehead atoms. The van der Waals surface area contributed by atoms with Crippen LogP contribution in [0.15, 0.2) is 47.1 Å². The average molecular weight is 214 g/mol. The molecule has 0 aliphatic carbocycles. The highest BCUT2D eigenvalue weighted by Crippen LogP contribution is 2.27. The third kappa shape index (κ3) is 2.01. The Kier molecular flexibility index (Phi) is 2.58. The van der Waals surface area contributed by atoms with Crippen LogP contribution in [0.5, 0.6) is 0 Å². The average Bonchev–Trinajstić information content (AvgIpc) is 2.16. The number of amidine groups is 1. The smallest absolute Gasteiger partial charge is 0.106 e. The van der Waals surface area contributed by atoms with E-state index in [9.17, 15) is 0 Å². The number of nitrogens with zero attached hydrogens (tertiary/aromatic N) is 2. The molecule has 0 aromatic heterocycles. The Morgan fingerprint density at radius 1 is 1.06 bits per heavy atom. The predicted molar refractivity (Wildman–Crippen MR) is 69.9 cm³/mol. The molecule has 0 fully saturated rings. The molecule has 0 saturated carbocycles. The van der Waals surface area contributed by atoms with E-state index >= 15 is 0 Å². The minimum atomic E-state index is -0.0839. The molecule has 1 aliphatic rings. The Morgan fingerprint density at radius 2 is 1.69 bits per heavy atom. The van der Waals surface area contributed by atoms with Crippen molar-refractivity contribution in [3.8, 4) is 0 Å². The number of allylic oxidation sites excluding steroid dienone is 1. The van der Waals surface area contributed by atoms with Crippen LogP contribution < -0.4 is 4.90 Å². The summed E-state index contributed by atoms with van der Waals surface area (Å²) in [5, 5.41) is 0. The number of rotatable bonds is 1. The fourth-order valence-electron chi connectivity index (χ4n) is 2.30. The maximum Gasteiger partial charge on any atom is 0.106 e. The summed E-state index contributed by atoms with van der Waals surface area (Å²) in [4.78, 5) is 6.87. The van der Waals surface area contributed by atoms with Crippen molar-refractivity contribution in [1.82, 2.24) is 0 Å². The molecule has 1 heterocycles. The first-order valence-corrected chi connectivity index (χ1v) is 5.61. The lowest BCUT2D eigenvalue weighted by Crippen LogP contribution is -2.35. The maximum absolute atomic E-state index is 4.69. The standard InChI is InChI=1S/C14H18N2/c1-11-10-14(3,4)15-12(2)16(11)13-8-6-5-7-9-13/h5-10H,1-4H3. The van der Waals surface area contributed by atoms with E-state index < -0.39 is 0 Å². The largest absolute Gasteiger partial charge is 0.303 e. The first-order valence-electron chi connectivity index (χ1n) is 5.61. The summed E-state index contributed by atoms with van der Waals surface area (Å²) >= 11 is 0.